The lowest BCUT2D eigenvalue weighted by molar-refractivity contribution is 0.247. The van der Waals surface area contributed by atoms with Crippen molar-refractivity contribution < 1.29 is 14.6 Å². The van der Waals surface area contributed by atoms with Gasteiger partial charge >= 0.3 is 0 Å². The summed E-state index contributed by atoms with van der Waals surface area (Å²) in [6.45, 7) is 1.50. The number of unbranched alkanes of at least 4 members (excludes halogenated alkanes) is 1. The predicted octanol–water partition coefficient (Wildman–Crippen LogP) is 2.75. The molecule has 0 saturated heterocycles. The Morgan fingerprint density at radius 2 is 2.15 bits per heavy atom. The standard InChI is InChI=1S/C15H22ClNO3/c1-19-14-9-11(10-17-12-4-5-12)8-13(16)15(14)20-7-3-2-6-18/h8-9,12,17-18H,2-7,10H2,1H3. The quantitative estimate of drug-likeness (QED) is 0.689. The highest BCUT2D eigenvalue weighted by Crippen LogP contribution is 2.36. The minimum absolute atomic E-state index is 0.181. The van der Waals surface area contributed by atoms with E-state index in [2.05, 4.69) is 5.32 Å². The van der Waals surface area contributed by atoms with Crippen molar-refractivity contribution in [2.24, 2.45) is 0 Å². The van der Waals surface area contributed by atoms with Crippen LogP contribution in [0, 0.1) is 0 Å². The number of halogens is 1. The fourth-order valence-corrected chi connectivity index (χ4v) is 2.24. The smallest absolute Gasteiger partial charge is 0.179 e. The number of hydrogen-bond donors (Lipinski definition) is 2. The highest BCUT2D eigenvalue weighted by atomic mass is 35.5. The molecule has 1 saturated carbocycles. The highest BCUT2D eigenvalue weighted by molar-refractivity contribution is 6.32. The van der Waals surface area contributed by atoms with E-state index in [9.17, 15) is 0 Å². The van der Waals surface area contributed by atoms with E-state index in [0.717, 1.165) is 24.9 Å². The fraction of sp³-hybridized carbons (Fsp3) is 0.600. The van der Waals surface area contributed by atoms with E-state index in [-0.39, 0.29) is 6.61 Å². The van der Waals surface area contributed by atoms with E-state index >= 15 is 0 Å². The Morgan fingerprint density at radius 1 is 1.35 bits per heavy atom. The van der Waals surface area contributed by atoms with Crippen LogP contribution in [0.1, 0.15) is 31.2 Å². The summed E-state index contributed by atoms with van der Waals surface area (Å²) in [7, 11) is 1.62. The monoisotopic (exact) mass is 299 g/mol. The molecule has 5 heteroatoms. The van der Waals surface area contributed by atoms with Crippen LogP contribution >= 0.6 is 11.6 Å². The van der Waals surface area contributed by atoms with Crippen molar-refractivity contribution in [1.29, 1.82) is 0 Å². The topological polar surface area (TPSA) is 50.7 Å². The first-order valence-electron chi connectivity index (χ1n) is 7.08. The van der Waals surface area contributed by atoms with Gasteiger partial charge in [0, 0.05) is 19.2 Å². The summed E-state index contributed by atoms with van der Waals surface area (Å²) in [5.74, 6) is 1.25. The molecule has 1 aromatic carbocycles. The molecule has 0 aromatic heterocycles. The van der Waals surface area contributed by atoms with Crippen LogP contribution in [-0.4, -0.2) is 31.5 Å². The molecule has 1 aliphatic rings. The maximum Gasteiger partial charge on any atom is 0.179 e. The minimum atomic E-state index is 0.181. The zero-order valence-electron chi connectivity index (χ0n) is 11.8. The zero-order chi connectivity index (χ0) is 14.4. The first-order chi connectivity index (χ1) is 9.74. The SMILES string of the molecule is COc1cc(CNC2CC2)cc(Cl)c1OCCCCO. The Hall–Kier alpha value is -0.970. The van der Waals surface area contributed by atoms with E-state index < -0.39 is 0 Å². The average molecular weight is 300 g/mol. The van der Waals surface area contributed by atoms with Crippen LogP contribution < -0.4 is 14.8 Å². The zero-order valence-corrected chi connectivity index (χ0v) is 12.6. The number of aliphatic hydroxyl groups is 1. The molecule has 2 rings (SSSR count). The summed E-state index contributed by atoms with van der Waals surface area (Å²) >= 11 is 6.27. The van der Waals surface area contributed by atoms with Crippen LogP contribution in [0.2, 0.25) is 5.02 Å². The van der Waals surface area contributed by atoms with Gasteiger partial charge in [0.25, 0.3) is 0 Å². The van der Waals surface area contributed by atoms with E-state index in [1.54, 1.807) is 7.11 Å². The first kappa shape index (κ1) is 15.4. The third-order valence-corrected chi connectivity index (χ3v) is 3.54. The number of aliphatic hydroxyl groups excluding tert-OH is 1. The second kappa shape index (κ2) is 7.72. The summed E-state index contributed by atoms with van der Waals surface area (Å²) in [6.07, 6.45) is 4.04. The van der Waals surface area contributed by atoms with E-state index in [4.69, 9.17) is 26.2 Å². The molecule has 0 atom stereocenters. The van der Waals surface area contributed by atoms with Gasteiger partial charge in [-0.25, -0.2) is 0 Å². The normalized spacial score (nSPS) is 14.3. The average Bonchev–Trinajstić information content (AvgIpc) is 3.26. The van der Waals surface area contributed by atoms with Crippen molar-refractivity contribution in [2.75, 3.05) is 20.3 Å². The van der Waals surface area contributed by atoms with E-state index in [1.807, 2.05) is 12.1 Å². The molecule has 1 aliphatic carbocycles. The van der Waals surface area contributed by atoms with E-state index in [1.165, 1.54) is 12.8 Å². The summed E-state index contributed by atoms with van der Waals surface area (Å²) in [5, 5.41) is 12.8. The maximum atomic E-state index is 8.75. The summed E-state index contributed by atoms with van der Waals surface area (Å²) in [6, 6.07) is 4.54. The van der Waals surface area contributed by atoms with Crippen molar-refractivity contribution in [3.63, 3.8) is 0 Å². The molecule has 0 radical (unpaired) electrons. The van der Waals surface area contributed by atoms with Crippen molar-refractivity contribution in [1.82, 2.24) is 5.32 Å². The lowest BCUT2D eigenvalue weighted by atomic mass is 10.2. The van der Waals surface area contributed by atoms with Crippen LogP contribution in [-0.2, 0) is 6.54 Å². The van der Waals surface area contributed by atoms with Crippen molar-refractivity contribution in [3.05, 3.63) is 22.7 Å². The number of ether oxygens (including phenoxy) is 2. The number of nitrogens with one attached hydrogen (secondary N) is 1. The van der Waals surface area contributed by atoms with Crippen LogP contribution in [0.4, 0.5) is 0 Å². The summed E-state index contributed by atoms with van der Waals surface area (Å²) in [4.78, 5) is 0. The van der Waals surface area contributed by atoms with Gasteiger partial charge in [0.1, 0.15) is 0 Å². The lowest BCUT2D eigenvalue weighted by Gasteiger charge is -2.14. The van der Waals surface area contributed by atoms with Gasteiger partial charge in [-0.05, 0) is 43.4 Å². The van der Waals surface area contributed by atoms with Gasteiger partial charge in [0.2, 0.25) is 0 Å². The third kappa shape index (κ3) is 4.54. The molecule has 1 aromatic rings. The van der Waals surface area contributed by atoms with Gasteiger partial charge in [0.05, 0.1) is 18.7 Å². The van der Waals surface area contributed by atoms with Crippen LogP contribution in [0.3, 0.4) is 0 Å². The van der Waals surface area contributed by atoms with Crippen molar-refractivity contribution in [2.45, 2.75) is 38.3 Å². The summed E-state index contributed by atoms with van der Waals surface area (Å²) < 4.78 is 11.0. The predicted molar refractivity (Wildman–Crippen MR) is 79.7 cm³/mol. The number of rotatable bonds is 9. The lowest BCUT2D eigenvalue weighted by Crippen LogP contribution is -2.15. The van der Waals surface area contributed by atoms with Crippen LogP contribution in [0.5, 0.6) is 11.5 Å². The molecule has 0 heterocycles. The molecule has 0 aliphatic heterocycles. The number of hydrogen-bond acceptors (Lipinski definition) is 4. The molecule has 112 valence electrons. The van der Waals surface area contributed by atoms with E-state index in [0.29, 0.717) is 29.2 Å². The second-order valence-electron chi connectivity index (χ2n) is 5.04. The molecule has 2 N–H and O–H groups in total. The summed E-state index contributed by atoms with van der Waals surface area (Å²) in [5.41, 5.74) is 1.10. The van der Waals surface area contributed by atoms with Gasteiger partial charge in [-0.2, -0.15) is 0 Å². The molecule has 0 amide bonds. The number of benzene rings is 1. The molecule has 0 spiro atoms. The van der Waals surface area contributed by atoms with Crippen LogP contribution in [0.25, 0.3) is 0 Å². The highest BCUT2D eigenvalue weighted by Gasteiger charge is 2.20. The fourth-order valence-electron chi connectivity index (χ4n) is 1.95. The van der Waals surface area contributed by atoms with Crippen molar-refractivity contribution >= 4 is 11.6 Å². The maximum absolute atomic E-state index is 8.75. The Morgan fingerprint density at radius 3 is 2.80 bits per heavy atom. The van der Waals surface area contributed by atoms with Gasteiger partial charge in [-0.3, -0.25) is 0 Å². The third-order valence-electron chi connectivity index (χ3n) is 3.26. The largest absolute Gasteiger partial charge is 0.493 e. The number of methoxy groups -OCH3 is 1. The molecule has 0 bridgehead atoms. The Balaban J connectivity index is 1.98. The molecular weight excluding hydrogens is 278 g/mol. The minimum Gasteiger partial charge on any atom is -0.493 e. The first-order valence-corrected chi connectivity index (χ1v) is 7.46. The second-order valence-corrected chi connectivity index (χ2v) is 5.45. The molecule has 1 fully saturated rings. The Bertz CT molecular complexity index is 435. The van der Waals surface area contributed by atoms with Gasteiger partial charge in [-0.1, -0.05) is 11.6 Å². The Labute approximate surface area is 125 Å². The van der Waals surface area contributed by atoms with Gasteiger partial charge in [-0.15, -0.1) is 0 Å². The van der Waals surface area contributed by atoms with Gasteiger partial charge < -0.3 is 19.9 Å². The van der Waals surface area contributed by atoms with Gasteiger partial charge in [0.15, 0.2) is 11.5 Å². The molecular formula is C15H22ClNO3. The molecule has 0 unspecified atom stereocenters. The van der Waals surface area contributed by atoms with Crippen LogP contribution in [0.15, 0.2) is 12.1 Å². The molecule has 20 heavy (non-hydrogen) atoms. The molecule has 4 nitrogen and oxygen atoms in total. The van der Waals surface area contributed by atoms with Crippen molar-refractivity contribution in [3.8, 4) is 11.5 Å². The Kier molecular flexibility index (Phi) is 5.95.